The predicted octanol–water partition coefficient (Wildman–Crippen LogP) is 1.33. The van der Waals surface area contributed by atoms with Crippen LogP contribution in [0.25, 0.3) is 0 Å². The number of hydrogen-bond acceptors (Lipinski definition) is 3. The number of rotatable bonds is 1. The van der Waals surface area contributed by atoms with E-state index in [0.717, 1.165) is 5.69 Å². The minimum atomic E-state index is -0.268. The Labute approximate surface area is 116 Å². The number of benzene rings is 1. The fraction of sp³-hybridized carbons (Fsp3) is 0.214. The summed E-state index contributed by atoms with van der Waals surface area (Å²) < 4.78 is 1.64. The van der Waals surface area contributed by atoms with Gasteiger partial charge in [-0.1, -0.05) is 12.1 Å². The molecule has 2 heterocycles. The molecule has 2 aromatic rings. The zero-order chi connectivity index (χ0) is 14.3. The Balaban J connectivity index is 2.01. The summed E-state index contributed by atoms with van der Waals surface area (Å²) in [5, 5.41) is 6.93. The molecule has 0 spiro atoms. The van der Waals surface area contributed by atoms with Crippen LogP contribution in [-0.4, -0.2) is 28.1 Å². The predicted molar refractivity (Wildman–Crippen MR) is 74.7 cm³/mol. The summed E-state index contributed by atoms with van der Waals surface area (Å²) in [6.07, 6.45) is 0. The molecule has 0 saturated carbocycles. The molecule has 6 heteroatoms. The summed E-state index contributed by atoms with van der Waals surface area (Å²) >= 11 is 0. The lowest BCUT2D eigenvalue weighted by atomic mass is 10.2. The Hall–Kier alpha value is -2.63. The van der Waals surface area contributed by atoms with Gasteiger partial charge in [0.05, 0.1) is 11.4 Å². The number of aromatic nitrogens is 2. The Morgan fingerprint density at radius 1 is 1.35 bits per heavy atom. The number of nitrogens with zero attached hydrogens (tertiary/aromatic N) is 3. The molecule has 0 radical (unpaired) electrons. The summed E-state index contributed by atoms with van der Waals surface area (Å²) in [7, 11) is 1.78. The number of carbonyl (C=O) groups excluding carboxylic acids is 2. The summed E-state index contributed by atoms with van der Waals surface area (Å²) in [6, 6.07) is 8.95. The first-order chi connectivity index (χ1) is 9.56. The van der Waals surface area contributed by atoms with Gasteiger partial charge < -0.3 is 5.32 Å². The molecule has 20 heavy (non-hydrogen) atoms. The maximum Gasteiger partial charge on any atom is 0.279 e. The van der Waals surface area contributed by atoms with E-state index in [-0.39, 0.29) is 18.4 Å². The van der Waals surface area contributed by atoms with Crippen LogP contribution in [0.5, 0.6) is 0 Å². The van der Waals surface area contributed by atoms with Gasteiger partial charge in [0.15, 0.2) is 5.69 Å². The number of carbonyl (C=O) groups is 2. The molecule has 0 bridgehead atoms. The molecular weight excluding hydrogens is 256 g/mol. The van der Waals surface area contributed by atoms with Gasteiger partial charge in [0.2, 0.25) is 5.91 Å². The summed E-state index contributed by atoms with van der Waals surface area (Å²) in [5.41, 5.74) is 2.57. The van der Waals surface area contributed by atoms with Gasteiger partial charge in [-0.3, -0.25) is 19.2 Å². The fourth-order valence-corrected chi connectivity index (χ4v) is 2.22. The van der Waals surface area contributed by atoms with Gasteiger partial charge >= 0.3 is 0 Å². The third-order valence-corrected chi connectivity index (χ3v) is 3.35. The number of amides is 2. The molecule has 0 saturated heterocycles. The number of para-hydroxylation sites is 2. The van der Waals surface area contributed by atoms with Crippen LogP contribution in [0.2, 0.25) is 0 Å². The lowest BCUT2D eigenvalue weighted by molar-refractivity contribution is -0.115. The van der Waals surface area contributed by atoms with E-state index in [0.29, 0.717) is 17.1 Å². The van der Waals surface area contributed by atoms with Crippen molar-refractivity contribution in [2.24, 2.45) is 7.05 Å². The van der Waals surface area contributed by atoms with E-state index in [1.165, 1.54) is 4.90 Å². The van der Waals surface area contributed by atoms with Crippen molar-refractivity contribution in [3.05, 3.63) is 41.7 Å². The zero-order valence-corrected chi connectivity index (χ0v) is 11.3. The molecule has 1 aliphatic heterocycles. The number of hydrogen-bond donors (Lipinski definition) is 1. The maximum atomic E-state index is 12.5. The third kappa shape index (κ3) is 1.95. The maximum absolute atomic E-state index is 12.5. The first-order valence-electron chi connectivity index (χ1n) is 6.27. The van der Waals surface area contributed by atoms with Crippen LogP contribution in [0, 0.1) is 6.92 Å². The fourth-order valence-electron chi connectivity index (χ4n) is 2.22. The molecule has 1 N–H and O–H groups in total. The van der Waals surface area contributed by atoms with Gasteiger partial charge in [-0.25, -0.2) is 0 Å². The van der Waals surface area contributed by atoms with E-state index in [1.54, 1.807) is 23.9 Å². The van der Waals surface area contributed by atoms with Gasteiger partial charge in [-0.2, -0.15) is 5.10 Å². The lowest BCUT2D eigenvalue weighted by Crippen LogP contribution is -2.42. The number of anilines is 2. The van der Waals surface area contributed by atoms with E-state index in [1.807, 2.05) is 25.1 Å². The average molecular weight is 270 g/mol. The van der Waals surface area contributed by atoms with Crippen molar-refractivity contribution in [2.75, 3.05) is 16.8 Å². The van der Waals surface area contributed by atoms with Crippen molar-refractivity contribution in [2.45, 2.75) is 6.92 Å². The smallest absolute Gasteiger partial charge is 0.279 e. The highest BCUT2D eigenvalue weighted by Crippen LogP contribution is 2.29. The lowest BCUT2D eigenvalue weighted by Gasteiger charge is -2.28. The standard InChI is InChI=1S/C14H14N4O2/c1-9-7-11(16-17(9)2)14(20)18-8-13(19)15-10-5-3-4-6-12(10)18/h3-7H,8H2,1-2H3,(H,15,19). The second-order valence-electron chi connectivity index (χ2n) is 4.75. The topological polar surface area (TPSA) is 67.2 Å². The Morgan fingerprint density at radius 3 is 2.80 bits per heavy atom. The number of aryl methyl sites for hydroxylation is 2. The normalized spacial score (nSPS) is 13.9. The Kier molecular flexibility index (Phi) is 2.78. The van der Waals surface area contributed by atoms with Crippen LogP contribution < -0.4 is 10.2 Å². The molecule has 1 aromatic carbocycles. The van der Waals surface area contributed by atoms with Gasteiger partial charge in [0.25, 0.3) is 5.91 Å². The highest BCUT2D eigenvalue weighted by atomic mass is 16.2. The van der Waals surface area contributed by atoms with Gasteiger partial charge in [-0.15, -0.1) is 0 Å². The van der Waals surface area contributed by atoms with Crippen molar-refractivity contribution in [3.8, 4) is 0 Å². The van der Waals surface area contributed by atoms with Crippen LogP contribution >= 0.6 is 0 Å². The van der Waals surface area contributed by atoms with E-state index in [9.17, 15) is 9.59 Å². The Bertz CT molecular complexity index is 685. The van der Waals surface area contributed by atoms with Crippen molar-refractivity contribution in [3.63, 3.8) is 0 Å². The first-order valence-corrected chi connectivity index (χ1v) is 6.27. The first kappa shape index (κ1) is 12.4. The van der Waals surface area contributed by atoms with Gasteiger partial charge in [0, 0.05) is 12.7 Å². The molecule has 0 aliphatic carbocycles. The average Bonchev–Trinajstić information content (AvgIpc) is 2.77. The third-order valence-electron chi connectivity index (χ3n) is 3.35. The highest BCUT2D eigenvalue weighted by molar-refractivity contribution is 6.14. The van der Waals surface area contributed by atoms with Gasteiger partial charge in [-0.05, 0) is 25.1 Å². The molecule has 1 aliphatic rings. The SMILES string of the molecule is Cc1cc(C(=O)N2CC(=O)Nc3ccccc32)nn1C. The van der Waals surface area contributed by atoms with Crippen LogP contribution in [0.4, 0.5) is 11.4 Å². The van der Waals surface area contributed by atoms with Crippen LogP contribution in [0.15, 0.2) is 30.3 Å². The van der Waals surface area contributed by atoms with Crippen LogP contribution in [0.1, 0.15) is 16.2 Å². The highest BCUT2D eigenvalue weighted by Gasteiger charge is 2.28. The van der Waals surface area contributed by atoms with E-state index in [4.69, 9.17) is 0 Å². The zero-order valence-electron chi connectivity index (χ0n) is 11.3. The van der Waals surface area contributed by atoms with Crippen molar-refractivity contribution in [1.82, 2.24) is 9.78 Å². The largest absolute Gasteiger partial charge is 0.323 e. The molecule has 2 amide bonds. The van der Waals surface area contributed by atoms with E-state index >= 15 is 0 Å². The molecule has 0 unspecified atom stereocenters. The minimum Gasteiger partial charge on any atom is -0.323 e. The summed E-state index contributed by atoms with van der Waals surface area (Å²) in [5.74, 6) is -0.472. The molecule has 102 valence electrons. The van der Waals surface area contributed by atoms with Crippen molar-refractivity contribution < 1.29 is 9.59 Å². The molecule has 0 atom stereocenters. The second-order valence-corrected chi connectivity index (χ2v) is 4.75. The molecule has 0 fully saturated rings. The van der Waals surface area contributed by atoms with Crippen LogP contribution in [0.3, 0.4) is 0 Å². The molecule has 6 nitrogen and oxygen atoms in total. The number of fused-ring (bicyclic) bond motifs is 1. The summed E-state index contributed by atoms with van der Waals surface area (Å²) in [4.78, 5) is 25.7. The van der Waals surface area contributed by atoms with E-state index in [2.05, 4.69) is 10.4 Å². The second kappa shape index (κ2) is 4.48. The monoisotopic (exact) mass is 270 g/mol. The molecular formula is C14H14N4O2. The van der Waals surface area contributed by atoms with Gasteiger partial charge in [0.1, 0.15) is 6.54 Å². The quantitative estimate of drug-likeness (QED) is 0.850. The van der Waals surface area contributed by atoms with Crippen LogP contribution in [-0.2, 0) is 11.8 Å². The summed E-state index contributed by atoms with van der Waals surface area (Å²) in [6.45, 7) is 1.88. The molecule has 1 aromatic heterocycles. The Morgan fingerprint density at radius 2 is 2.10 bits per heavy atom. The minimum absolute atomic E-state index is 0.00543. The van der Waals surface area contributed by atoms with E-state index < -0.39 is 0 Å². The van der Waals surface area contributed by atoms with Crippen molar-refractivity contribution >= 4 is 23.2 Å². The number of nitrogens with one attached hydrogen (secondary N) is 1. The van der Waals surface area contributed by atoms with Crippen molar-refractivity contribution in [1.29, 1.82) is 0 Å². The molecule has 3 rings (SSSR count).